The third kappa shape index (κ3) is 2.50. The Balaban J connectivity index is 2.43. The third-order valence-electron chi connectivity index (χ3n) is 3.86. The van der Waals surface area contributed by atoms with Gasteiger partial charge in [0.1, 0.15) is 5.60 Å². The molecule has 0 aromatic carbocycles. The molecule has 1 saturated carbocycles. The van der Waals surface area contributed by atoms with Crippen LogP contribution in [0.2, 0.25) is 0 Å². The molecule has 102 valence electrons. The molecule has 0 amide bonds. The highest BCUT2D eigenvalue weighted by Gasteiger charge is 2.41. The summed E-state index contributed by atoms with van der Waals surface area (Å²) in [5.41, 5.74) is 0.215. The van der Waals surface area contributed by atoms with Gasteiger partial charge < -0.3 is 5.11 Å². The average molecular weight is 315 g/mol. The monoisotopic (exact) mass is 314 g/mol. The lowest BCUT2D eigenvalue weighted by Gasteiger charge is -2.39. The molecule has 2 rings (SSSR count). The maximum atomic E-state index is 11.1. The Morgan fingerprint density at radius 1 is 1.39 bits per heavy atom. The van der Waals surface area contributed by atoms with Gasteiger partial charge in [-0.2, -0.15) is 5.10 Å². The van der Waals surface area contributed by atoms with Gasteiger partial charge in [0.25, 0.3) is 0 Å². The molecule has 0 bridgehead atoms. The molecule has 4 heteroatoms. The van der Waals surface area contributed by atoms with Crippen LogP contribution in [-0.4, -0.2) is 14.9 Å². The van der Waals surface area contributed by atoms with Gasteiger partial charge in [0.2, 0.25) is 0 Å². The largest absolute Gasteiger partial charge is 0.384 e. The van der Waals surface area contributed by atoms with E-state index in [1.807, 2.05) is 4.68 Å². The second kappa shape index (κ2) is 4.97. The number of aromatic nitrogens is 2. The first-order valence-corrected chi connectivity index (χ1v) is 7.58. The van der Waals surface area contributed by atoms with Crippen LogP contribution in [0.4, 0.5) is 0 Å². The van der Waals surface area contributed by atoms with Gasteiger partial charge in [0.05, 0.1) is 16.4 Å². The molecule has 1 aliphatic rings. The van der Waals surface area contributed by atoms with Crippen LogP contribution in [0.3, 0.4) is 0 Å². The minimum Gasteiger partial charge on any atom is -0.384 e. The lowest BCUT2D eigenvalue weighted by atomic mass is 9.72. The van der Waals surface area contributed by atoms with Crippen molar-refractivity contribution in [3.8, 4) is 0 Å². The van der Waals surface area contributed by atoms with Gasteiger partial charge in [0.15, 0.2) is 0 Å². The number of nitrogens with zero attached hydrogens (tertiary/aromatic N) is 2. The minimum atomic E-state index is -0.739. The maximum absolute atomic E-state index is 11.1. The van der Waals surface area contributed by atoms with Gasteiger partial charge in [0, 0.05) is 6.04 Å². The van der Waals surface area contributed by atoms with E-state index in [1.54, 1.807) is 6.20 Å². The van der Waals surface area contributed by atoms with Crippen molar-refractivity contribution in [1.29, 1.82) is 0 Å². The summed E-state index contributed by atoms with van der Waals surface area (Å²) in [6.07, 6.45) is 4.66. The molecule has 0 aliphatic heterocycles. The molecular formula is C14H23BrN2O. The standard InChI is InChI=1S/C14H23BrN2O/c1-9(2)17-13(12(15)8-16-17)14(18)6-10(3)5-11(4)7-14/h8-11,18H,5-7H2,1-4H3. The highest BCUT2D eigenvalue weighted by molar-refractivity contribution is 9.10. The van der Waals surface area contributed by atoms with Crippen molar-refractivity contribution in [2.45, 2.75) is 58.6 Å². The predicted molar refractivity (Wildman–Crippen MR) is 76.4 cm³/mol. The number of rotatable bonds is 2. The highest BCUT2D eigenvalue weighted by Crippen LogP contribution is 2.45. The van der Waals surface area contributed by atoms with Crippen molar-refractivity contribution in [2.75, 3.05) is 0 Å². The lowest BCUT2D eigenvalue weighted by molar-refractivity contribution is -0.0444. The predicted octanol–water partition coefficient (Wildman–Crippen LogP) is 3.87. The average Bonchev–Trinajstić information content (AvgIpc) is 2.58. The van der Waals surface area contributed by atoms with Gasteiger partial charge in [-0.15, -0.1) is 0 Å². The Bertz CT molecular complexity index is 417. The first-order valence-electron chi connectivity index (χ1n) is 6.79. The summed E-state index contributed by atoms with van der Waals surface area (Å²) in [5.74, 6) is 1.11. The number of hydrogen-bond acceptors (Lipinski definition) is 2. The topological polar surface area (TPSA) is 38.1 Å². The van der Waals surface area contributed by atoms with Crippen LogP contribution in [0.25, 0.3) is 0 Å². The summed E-state index contributed by atoms with van der Waals surface area (Å²) in [6, 6.07) is 0.267. The first kappa shape index (κ1) is 14.1. The van der Waals surface area contributed by atoms with Crippen molar-refractivity contribution in [3.05, 3.63) is 16.4 Å². The Kier molecular flexibility index (Phi) is 3.88. The Labute approximate surface area is 118 Å². The maximum Gasteiger partial charge on any atom is 0.108 e. The summed E-state index contributed by atoms with van der Waals surface area (Å²) >= 11 is 3.55. The first-order chi connectivity index (χ1) is 8.33. The molecule has 1 fully saturated rings. The summed E-state index contributed by atoms with van der Waals surface area (Å²) in [6.45, 7) is 8.65. The molecule has 1 aromatic heterocycles. The number of hydrogen-bond donors (Lipinski definition) is 1. The molecule has 3 nitrogen and oxygen atoms in total. The fourth-order valence-corrected chi connectivity index (χ4v) is 4.09. The molecule has 0 spiro atoms. The number of aliphatic hydroxyl groups is 1. The van der Waals surface area contributed by atoms with Gasteiger partial charge >= 0.3 is 0 Å². The second-order valence-corrected chi connectivity index (χ2v) is 7.12. The van der Waals surface area contributed by atoms with Crippen LogP contribution < -0.4 is 0 Å². The molecule has 1 heterocycles. The van der Waals surface area contributed by atoms with Crippen molar-refractivity contribution < 1.29 is 5.11 Å². The Morgan fingerprint density at radius 2 is 1.94 bits per heavy atom. The van der Waals surface area contributed by atoms with E-state index in [4.69, 9.17) is 0 Å². The fraction of sp³-hybridized carbons (Fsp3) is 0.786. The molecular weight excluding hydrogens is 292 g/mol. The van der Waals surface area contributed by atoms with Crippen molar-refractivity contribution in [3.63, 3.8) is 0 Å². The summed E-state index contributed by atoms with van der Waals surface area (Å²) in [4.78, 5) is 0. The zero-order valence-electron chi connectivity index (χ0n) is 11.7. The van der Waals surface area contributed by atoms with Gasteiger partial charge in [-0.1, -0.05) is 13.8 Å². The van der Waals surface area contributed by atoms with E-state index in [9.17, 15) is 5.11 Å². The van der Waals surface area contributed by atoms with Gasteiger partial charge in [-0.05, 0) is 60.9 Å². The molecule has 2 atom stereocenters. The van der Waals surface area contributed by atoms with Crippen molar-refractivity contribution >= 4 is 15.9 Å². The van der Waals surface area contributed by atoms with Gasteiger partial charge in [-0.25, -0.2) is 0 Å². The van der Waals surface area contributed by atoms with E-state index in [2.05, 4.69) is 48.7 Å². The van der Waals surface area contributed by atoms with Crippen LogP contribution in [-0.2, 0) is 5.60 Å². The zero-order valence-corrected chi connectivity index (χ0v) is 13.2. The third-order valence-corrected chi connectivity index (χ3v) is 4.44. The number of halogens is 1. The second-order valence-electron chi connectivity index (χ2n) is 6.27. The SMILES string of the molecule is CC1CC(C)CC(O)(c2c(Br)cnn2C(C)C)C1. The van der Waals surface area contributed by atoms with E-state index < -0.39 is 5.60 Å². The summed E-state index contributed by atoms with van der Waals surface area (Å²) in [7, 11) is 0. The summed E-state index contributed by atoms with van der Waals surface area (Å²) in [5, 5.41) is 15.5. The molecule has 2 unspecified atom stereocenters. The van der Waals surface area contributed by atoms with E-state index in [0.717, 1.165) is 23.0 Å². The van der Waals surface area contributed by atoms with E-state index in [1.165, 1.54) is 6.42 Å². The normalized spacial score (nSPS) is 33.1. The van der Waals surface area contributed by atoms with E-state index in [-0.39, 0.29) is 6.04 Å². The van der Waals surface area contributed by atoms with E-state index in [0.29, 0.717) is 11.8 Å². The van der Waals surface area contributed by atoms with Crippen LogP contribution in [0.5, 0.6) is 0 Å². The highest BCUT2D eigenvalue weighted by atomic mass is 79.9. The zero-order chi connectivity index (χ0) is 13.5. The van der Waals surface area contributed by atoms with Crippen LogP contribution in [0.1, 0.15) is 58.7 Å². The fourth-order valence-electron chi connectivity index (χ4n) is 3.45. The van der Waals surface area contributed by atoms with Crippen LogP contribution in [0, 0.1) is 11.8 Å². The van der Waals surface area contributed by atoms with Gasteiger partial charge in [-0.3, -0.25) is 4.68 Å². The smallest absolute Gasteiger partial charge is 0.108 e. The molecule has 1 aromatic rings. The molecule has 0 radical (unpaired) electrons. The molecule has 18 heavy (non-hydrogen) atoms. The van der Waals surface area contributed by atoms with Crippen molar-refractivity contribution in [1.82, 2.24) is 9.78 Å². The Morgan fingerprint density at radius 3 is 2.44 bits per heavy atom. The Hall–Kier alpha value is -0.350. The van der Waals surface area contributed by atoms with Crippen molar-refractivity contribution in [2.24, 2.45) is 11.8 Å². The van der Waals surface area contributed by atoms with Crippen LogP contribution >= 0.6 is 15.9 Å². The molecule has 0 saturated heterocycles. The molecule has 1 N–H and O–H groups in total. The van der Waals surface area contributed by atoms with Crippen LogP contribution in [0.15, 0.2) is 10.7 Å². The quantitative estimate of drug-likeness (QED) is 0.899. The summed E-state index contributed by atoms with van der Waals surface area (Å²) < 4.78 is 2.88. The molecule has 1 aliphatic carbocycles. The lowest BCUT2D eigenvalue weighted by Crippen LogP contribution is -2.38. The minimum absolute atomic E-state index is 0.267. The van der Waals surface area contributed by atoms with E-state index >= 15 is 0 Å².